The quantitative estimate of drug-likeness (QED) is 0.759. The zero-order valence-electron chi connectivity index (χ0n) is 14.2. The molecule has 0 saturated heterocycles. The third kappa shape index (κ3) is 3.48. The number of nitrogens with one attached hydrogen (secondary N) is 1. The summed E-state index contributed by atoms with van der Waals surface area (Å²) >= 11 is 0. The van der Waals surface area contributed by atoms with E-state index in [0.717, 1.165) is 10.9 Å². The van der Waals surface area contributed by atoms with Gasteiger partial charge in [-0.3, -0.25) is 4.79 Å². The molecule has 24 heavy (non-hydrogen) atoms. The molecular weight excluding hydrogens is 300 g/mol. The molecule has 124 valence electrons. The first-order valence-corrected chi connectivity index (χ1v) is 8.27. The lowest BCUT2D eigenvalue weighted by atomic mass is 9.99. The van der Waals surface area contributed by atoms with Crippen molar-refractivity contribution in [2.75, 3.05) is 0 Å². The van der Waals surface area contributed by atoms with Gasteiger partial charge in [0.2, 0.25) is 5.91 Å². The molecule has 4 nitrogen and oxygen atoms in total. The average molecular weight is 322 g/mol. The van der Waals surface area contributed by atoms with Crippen LogP contribution in [-0.2, 0) is 11.2 Å². The predicted molar refractivity (Wildman–Crippen MR) is 94.8 cm³/mol. The van der Waals surface area contributed by atoms with E-state index in [1.54, 1.807) is 0 Å². The van der Waals surface area contributed by atoms with Crippen LogP contribution in [0.15, 0.2) is 53.1 Å². The van der Waals surface area contributed by atoms with E-state index < -0.39 is 0 Å². The highest BCUT2D eigenvalue weighted by Gasteiger charge is 2.14. The predicted octanol–water partition coefficient (Wildman–Crippen LogP) is 4.37. The minimum atomic E-state index is -0.0607. The van der Waals surface area contributed by atoms with Gasteiger partial charge in [0.15, 0.2) is 5.58 Å². The van der Waals surface area contributed by atoms with Crippen molar-refractivity contribution in [2.24, 2.45) is 0 Å². The van der Waals surface area contributed by atoms with Gasteiger partial charge >= 0.3 is 0 Å². The number of hydrogen-bond donors (Lipinski definition) is 1. The van der Waals surface area contributed by atoms with Crippen molar-refractivity contribution in [1.29, 1.82) is 0 Å². The van der Waals surface area contributed by atoms with Gasteiger partial charge in [-0.2, -0.15) is 0 Å². The Kier molecular flexibility index (Phi) is 4.65. The van der Waals surface area contributed by atoms with Gasteiger partial charge in [-0.25, -0.2) is 0 Å². The molecule has 0 fully saturated rings. The zero-order valence-corrected chi connectivity index (χ0v) is 14.2. The number of aromatic nitrogens is 1. The van der Waals surface area contributed by atoms with Crippen LogP contribution in [0.25, 0.3) is 11.0 Å². The first-order chi connectivity index (χ1) is 11.5. The number of rotatable bonds is 5. The topological polar surface area (TPSA) is 55.1 Å². The fourth-order valence-electron chi connectivity index (χ4n) is 2.76. The maximum Gasteiger partial charge on any atom is 0.226 e. The summed E-state index contributed by atoms with van der Waals surface area (Å²) < 4.78 is 5.25. The van der Waals surface area contributed by atoms with E-state index in [9.17, 15) is 4.79 Å². The van der Waals surface area contributed by atoms with Gasteiger partial charge in [-0.1, -0.05) is 55.4 Å². The Morgan fingerprint density at radius 2 is 1.71 bits per heavy atom. The Morgan fingerprint density at radius 1 is 1.04 bits per heavy atom. The van der Waals surface area contributed by atoms with E-state index in [-0.39, 0.29) is 18.4 Å². The van der Waals surface area contributed by atoms with E-state index in [4.69, 9.17) is 4.52 Å². The van der Waals surface area contributed by atoms with E-state index >= 15 is 0 Å². The SMILES string of the molecule is CC(C)c1ccc(C(C)NC(=O)Cc2noc3ccccc23)cc1. The Labute approximate surface area is 141 Å². The summed E-state index contributed by atoms with van der Waals surface area (Å²) in [6.45, 7) is 6.33. The summed E-state index contributed by atoms with van der Waals surface area (Å²) in [5.74, 6) is 0.443. The molecule has 4 heteroatoms. The van der Waals surface area contributed by atoms with Crippen molar-refractivity contribution < 1.29 is 9.32 Å². The van der Waals surface area contributed by atoms with Crippen LogP contribution in [0.1, 0.15) is 49.6 Å². The number of amides is 1. The second-order valence-corrected chi connectivity index (χ2v) is 6.41. The van der Waals surface area contributed by atoms with Crippen LogP contribution in [0, 0.1) is 0 Å². The van der Waals surface area contributed by atoms with Gasteiger partial charge in [0.25, 0.3) is 0 Å². The lowest BCUT2D eigenvalue weighted by molar-refractivity contribution is -0.121. The molecule has 0 spiro atoms. The first kappa shape index (κ1) is 16.2. The Hall–Kier alpha value is -2.62. The highest BCUT2D eigenvalue weighted by molar-refractivity contribution is 5.86. The summed E-state index contributed by atoms with van der Waals surface area (Å²) in [5, 5.41) is 7.93. The van der Waals surface area contributed by atoms with Crippen molar-refractivity contribution >= 4 is 16.9 Å². The third-order valence-electron chi connectivity index (χ3n) is 4.26. The van der Waals surface area contributed by atoms with Crippen molar-refractivity contribution in [2.45, 2.75) is 39.2 Å². The first-order valence-electron chi connectivity index (χ1n) is 8.27. The van der Waals surface area contributed by atoms with Gasteiger partial charge in [0.1, 0.15) is 5.69 Å². The smallest absolute Gasteiger partial charge is 0.226 e. The second kappa shape index (κ2) is 6.87. The lowest BCUT2D eigenvalue weighted by Crippen LogP contribution is -2.28. The standard InChI is InChI=1S/C20H22N2O2/c1-13(2)15-8-10-16(11-9-15)14(3)21-20(23)12-18-17-6-4-5-7-19(17)24-22-18/h4-11,13-14H,12H2,1-3H3,(H,21,23). The van der Waals surface area contributed by atoms with Crippen LogP contribution in [-0.4, -0.2) is 11.1 Å². The van der Waals surface area contributed by atoms with E-state index in [1.165, 1.54) is 5.56 Å². The van der Waals surface area contributed by atoms with Crippen molar-refractivity contribution in [3.8, 4) is 0 Å². The second-order valence-electron chi connectivity index (χ2n) is 6.41. The van der Waals surface area contributed by atoms with Gasteiger partial charge in [-0.15, -0.1) is 0 Å². The van der Waals surface area contributed by atoms with Crippen molar-refractivity contribution in [1.82, 2.24) is 10.5 Å². The fraction of sp³-hybridized carbons (Fsp3) is 0.300. The molecule has 0 bridgehead atoms. The van der Waals surface area contributed by atoms with Gasteiger partial charge in [0, 0.05) is 5.39 Å². The van der Waals surface area contributed by atoms with Gasteiger partial charge < -0.3 is 9.84 Å². The van der Waals surface area contributed by atoms with Crippen molar-refractivity contribution in [3.05, 3.63) is 65.4 Å². The molecular formula is C20H22N2O2. The van der Waals surface area contributed by atoms with E-state index in [1.807, 2.05) is 31.2 Å². The van der Waals surface area contributed by atoms with E-state index in [2.05, 4.69) is 48.6 Å². The molecule has 3 aromatic rings. The van der Waals surface area contributed by atoms with Crippen LogP contribution in [0.4, 0.5) is 0 Å². The lowest BCUT2D eigenvalue weighted by Gasteiger charge is -2.15. The maximum atomic E-state index is 12.3. The minimum absolute atomic E-state index is 0.0446. The molecule has 1 atom stereocenters. The largest absolute Gasteiger partial charge is 0.356 e. The van der Waals surface area contributed by atoms with Crippen LogP contribution < -0.4 is 5.32 Å². The molecule has 3 rings (SSSR count). The highest BCUT2D eigenvalue weighted by atomic mass is 16.5. The van der Waals surface area contributed by atoms with Gasteiger partial charge in [0.05, 0.1) is 12.5 Å². The molecule has 1 amide bonds. The minimum Gasteiger partial charge on any atom is -0.356 e. The number of benzene rings is 2. The molecule has 0 aliphatic rings. The number of nitrogens with zero attached hydrogens (tertiary/aromatic N) is 1. The molecule has 1 N–H and O–H groups in total. The molecule has 0 radical (unpaired) electrons. The van der Waals surface area contributed by atoms with Crippen LogP contribution in [0.5, 0.6) is 0 Å². The number of carbonyl (C=O) groups is 1. The summed E-state index contributed by atoms with van der Waals surface area (Å²) in [6.07, 6.45) is 0.214. The molecule has 1 heterocycles. The average Bonchev–Trinajstić information content (AvgIpc) is 2.98. The van der Waals surface area contributed by atoms with Crippen molar-refractivity contribution in [3.63, 3.8) is 0 Å². The molecule has 0 aliphatic carbocycles. The summed E-state index contributed by atoms with van der Waals surface area (Å²) in [6, 6.07) is 15.9. The Balaban J connectivity index is 1.65. The molecule has 0 aliphatic heterocycles. The van der Waals surface area contributed by atoms with Crippen LogP contribution >= 0.6 is 0 Å². The zero-order chi connectivity index (χ0) is 17.1. The Bertz CT molecular complexity index is 834. The molecule has 1 aromatic heterocycles. The normalized spacial score (nSPS) is 12.5. The fourth-order valence-corrected chi connectivity index (χ4v) is 2.76. The summed E-state index contributed by atoms with van der Waals surface area (Å²) in [5.41, 5.74) is 3.77. The number of carbonyl (C=O) groups excluding carboxylic acids is 1. The number of para-hydroxylation sites is 1. The van der Waals surface area contributed by atoms with Gasteiger partial charge in [-0.05, 0) is 36.1 Å². The molecule has 2 aromatic carbocycles. The summed E-state index contributed by atoms with van der Waals surface area (Å²) in [7, 11) is 0. The van der Waals surface area contributed by atoms with Crippen LogP contribution in [0.3, 0.4) is 0 Å². The number of hydrogen-bond acceptors (Lipinski definition) is 3. The molecule has 1 unspecified atom stereocenters. The highest BCUT2D eigenvalue weighted by Crippen LogP contribution is 2.20. The van der Waals surface area contributed by atoms with E-state index in [0.29, 0.717) is 17.2 Å². The molecule has 0 saturated carbocycles. The number of fused-ring (bicyclic) bond motifs is 1. The van der Waals surface area contributed by atoms with Crippen LogP contribution in [0.2, 0.25) is 0 Å². The Morgan fingerprint density at radius 3 is 2.42 bits per heavy atom. The maximum absolute atomic E-state index is 12.3. The summed E-state index contributed by atoms with van der Waals surface area (Å²) in [4.78, 5) is 12.3. The monoisotopic (exact) mass is 322 g/mol. The third-order valence-corrected chi connectivity index (χ3v) is 4.26.